The van der Waals surface area contributed by atoms with Crippen LogP contribution in [0.15, 0.2) is 35.5 Å². The standard InChI is InChI=1S/C18H23N5O3S/c1-13(15-3-2-14-4-9-26-17(14)10-15)22-5-7-23(8-6-22)18-20-11-16(12-21-18)27(19,24)25/h2-3,10-13H,4-9H2,1H3,(H2,19,24,25)/t13-/m0/s1. The van der Waals surface area contributed by atoms with E-state index in [9.17, 15) is 8.42 Å². The zero-order valence-electron chi connectivity index (χ0n) is 15.2. The van der Waals surface area contributed by atoms with E-state index in [1.807, 2.05) is 0 Å². The molecule has 3 heterocycles. The predicted octanol–water partition coefficient (Wildman–Crippen LogP) is 0.942. The van der Waals surface area contributed by atoms with Crippen LogP contribution >= 0.6 is 0 Å². The van der Waals surface area contributed by atoms with Crippen molar-refractivity contribution < 1.29 is 13.2 Å². The van der Waals surface area contributed by atoms with Gasteiger partial charge in [-0.15, -0.1) is 0 Å². The number of anilines is 1. The Morgan fingerprint density at radius 3 is 2.52 bits per heavy atom. The lowest BCUT2D eigenvalue weighted by molar-refractivity contribution is 0.197. The number of hydrogen-bond acceptors (Lipinski definition) is 7. The van der Waals surface area contributed by atoms with Crippen molar-refractivity contribution >= 4 is 16.0 Å². The summed E-state index contributed by atoms with van der Waals surface area (Å²) in [6.07, 6.45) is 3.52. The number of hydrogen-bond donors (Lipinski definition) is 1. The summed E-state index contributed by atoms with van der Waals surface area (Å²) in [5.74, 6) is 1.54. The van der Waals surface area contributed by atoms with Gasteiger partial charge in [-0.05, 0) is 24.1 Å². The molecule has 1 atom stereocenters. The third kappa shape index (κ3) is 3.76. The van der Waals surface area contributed by atoms with Gasteiger partial charge < -0.3 is 9.64 Å². The van der Waals surface area contributed by atoms with Gasteiger partial charge in [-0.2, -0.15) is 0 Å². The van der Waals surface area contributed by atoms with E-state index < -0.39 is 10.0 Å². The Hall–Kier alpha value is -2.23. The first-order chi connectivity index (χ1) is 12.9. The third-order valence-corrected chi connectivity index (χ3v) is 6.16. The zero-order chi connectivity index (χ0) is 19.0. The number of piperazine rings is 1. The lowest BCUT2D eigenvalue weighted by Crippen LogP contribution is -2.47. The van der Waals surface area contributed by atoms with Crippen LogP contribution in [0.25, 0.3) is 0 Å². The summed E-state index contributed by atoms with van der Waals surface area (Å²) in [5, 5.41) is 5.09. The summed E-state index contributed by atoms with van der Waals surface area (Å²) in [4.78, 5) is 12.7. The van der Waals surface area contributed by atoms with E-state index in [0.717, 1.165) is 45.0 Å². The number of rotatable bonds is 4. The molecule has 2 aromatic rings. The number of nitrogens with zero attached hydrogens (tertiary/aromatic N) is 4. The van der Waals surface area contributed by atoms with E-state index in [-0.39, 0.29) is 4.90 Å². The van der Waals surface area contributed by atoms with Crippen molar-refractivity contribution in [1.29, 1.82) is 0 Å². The average molecular weight is 389 g/mol. The molecule has 0 unspecified atom stereocenters. The van der Waals surface area contributed by atoms with Gasteiger partial charge in [0.25, 0.3) is 0 Å². The summed E-state index contributed by atoms with van der Waals surface area (Å²) in [7, 11) is -3.77. The fraction of sp³-hybridized carbons (Fsp3) is 0.444. The fourth-order valence-electron chi connectivity index (χ4n) is 3.58. The van der Waals surface area contributed by atoms with Crippen LogP contribution in [0.1, 0.15) is 24.1 Å². The van der Waals surface area contributed by atoms with Crippen molar-refractivity contribution in [2.75, 3.05) is 37.7 Å². The Bertz CT molecular complexity index is 925. The monoisotopic (exact) mass is 389 g/mol. The first-order valence-electron chi connectivity index (χ1n) is 9.01. The van der Waals surface area contributed by atoms with E-state index in [0.29, 0.717) is 12.0 Å². The number of ether oxygens (including phenoxy) is 1. The Kier molecular flexibility index (Phi) is 4.75. The maximum absolute atomic E-state index is 11.3. The molecule has 0 saturated carbocycles. The van der Waals surface area contributed by atoms with Gasteiger partial charge in [-0.3, -0.25) is 4.90 Å². The number of fused-ring (bicyclic) bond motifs is 1. The summed E-state index contributed by atoms with van der Waals surface area (Å²) in [5.41, 5.74) is 2.55. The first-order valence-corrected chi connectivity index (χ1v) is 10.6. The molecule has 0 amide bonds. The van der Waals surface area contributed by atoms with Gasteiger partial charge in [0.2, 0.25) is 16.0 Å². The Labute approximate surface area is 159 Å². The van der Waals surface area contributed by atoms with Crippen molar-refractivity contribution in [2.45, 2.75) is 24.3 Å². The lowest BCUT2D eigenvalue weighted by Gasteiger charge is -2.38. The molecular weight excluding hydrogens is 366 g/mol. The van der Waals surface area contributed by atoms with E-state index in [1.165, 1.54) is 23.5 Å². The fourth-order valence-corrected chi connectivity index (χ4v) is 3.98. The van der Waals surface area contributed by atoms with Crippen molar-refractivity contribution in [1.82, 2.24) is 14.9 Å². The van der Waals surface area contributed by atoms with E-state index in [2.05, 4.69) is 44.9 Å². The molecule has 0 aliphatic carbocycles. The molecule has 2 aliphatic heterocycles. The molecule has 9 heteroatoms. The molecule has 0 bridgehead atoms. The number of nitrogens with two attached hydrogens (primary N) is 1. The highest BCUT2D eigenvalue weighted by Gasteiger charge is 2.25. The molecule has 1 saturated heterocycles. The van der Waals surface area contributed by atoms with Crippen LogP contribution < -0.4 is 14.8 Å². The van der Waals surface area contributed by atoms with E-state index in [1.54, 1.807) is 0 Å². The number of aromatic nitrogens is 2. The highest BCUT2D eigenvalue weighted by atomic mass is 32.2. The molecule has 2 N–H and O–H groups in total. The second kappa shape index (κ2) is 7.06. The second-order valence-corrected chi connectivity index (χ2v) is 8.49. The van der Waals surface area contributed by atoms with Crippen LogP contribution in [0.3, 0.4) is 0 Å². The number of primary sulfonamides is 1. The number of benzene rings is 1. The van der Waals surface area contributed by atoms with Crippen molar-refractivity contribution in [3.8, 4) is 5.75 Å². The summed E-state index contributed by atoms with van der Waals surface area (Å²) < 4.78 is 28.3. The zero-order valence-corrected chi connectivity index (χ0v) is 16.0. The van der Waals surface area contributed by atoms with Crippen LogP contribution in [0, 0.1) is 0 Å². The average Bonchev–Trinajstić information content (AvgIpc) is 3.15. The van der Waals surface area contributed by atoms with Gasteiger partial charge >= 0.3 is 0 Å². The molecule has 27 heavy (non-hydrogen) atoms. The Balaban J connectivity index is 1.40. The minimum atomic E-state index is -3.77. The van der Waals surface area contributed by atoms with Gasteiger partial charge in [0.05, 0.1) is 19.0 Å². The van der Waals surface area contributed by atoms with Crippen molar-refractivity contribution in [2.24, 2.45) is 5.14 Å². The van der Waals surface area contributed by atoms with Crippen molar-refractivity contribution in [3.05, 3.63) is 41.7 Å². The molecule has 1 fully saturated rings. The summed E-state index contributed by atoms with van der Waals surface area (Å²) in [6.45, 7) is 6.29. The van der Waals surface area contributed by atoms with Crippen LogP contribution in [0.2, 0.25) is 0 Å². The van der Waals surface area contributed by atoms with Gasteiger partial charge in [0.1, 0.15) is 10.6 Å². The Morgan fingerprint density at radius 2 is 1.85 bits per heavy atom. The molecule has 0 spiro atoms. The maximum Gasteiger partial charge on any atom is 0.241 e. The first kappa shape index (κ1) is 18.1. The summed E-state index contributed by atoms with van der Waals surface area (Å²) >= 11 is 0. The minimum Gasteiger partial charge on any atom is -0.493 e. The number of sulfonamides is 1. The lowest BCUT2D eigenvalue weighted by atomic mass is 10.0. The van der Waals surface area contributed by atoms with Crippen LogP contribution in [0.4, 0.5) is 5.95 Å². The van der Waals surface area contributed by atoms with Gasteiger partial charge in [-0.25, -0.2) is 23.5 Å². The molecule has 1 aromatic carbocycles. The largest absolute Gasteiger partial charge is 0.493 e. The topological polar surface area (TPSA) is 102 Å². The maximum atomic E-state index is 11.3. The van der Waals surface area contributed by atoms with Crippen LogP contribution in [0.5, 0.6) is 5.75 Å². The minimum absolute atomic E-state index is 0.0719. The molecule has 4 rings (SSSR count). The van der Waals surface area contributed by atoms with E-state index in [4.69, 9.17) is 9.88 Å². The molecule has 144 valence electrons. The second-order valence-electron chi connectivity index (χ2n) is 6.93. The Morgan fingerprint density at radius 1 is 1.15 bits per heavy atom. The van der Waals surface area contributed by atoms with Crippen LogP contribution in [-0.2, 0) is 16.4 Å². The van der Waals surface area contributed by atoms with Gasteiger partial charge in [-0.1, -0.05) is 12.1 Å². The van der Waals surface area contributed by atoms with Gasteiger partial charge in [0, 0.05) is 38.6 Å². The predicted molar refractivity (Wildman–Crippen MR) is 101 cm³/mol. The third-order valence-electron chi connectivity index (χ3n) is 5.29. The normalized spacial score (nSPS) is 18.8. The molecule has 2 aliphatic rings. The van der Waals surface area contributed by atoms with Crippen LogP contribution in [-0.4, -0.2) is 56.1 Å². The van der Waals surface area contributed by atoms with Crippen molar-refractivity contribution in [3.63, 3.8) is 0 Å². The summed E-state index contributed by atoms with van der Waals surface area (Å²) in [6, 6.07) is 6.83. The highest BCUT2D eigenvalue weighted by molar-refractivity contribution is 7.89. The molecular formula is C18H23N5O3S. The smallest absolute Gasteiger partial charge is 0.241 e. The van der Waals surface area contributed by atoms with E-state index >= 15 is 0 Å². The molecule has 8 nitrogen and oxygen atoms in total. The SMILES string of the molecule is C[C@@H](c1ccc2c(c1)OCC2)N1CCN(c2ncc(S(N)(=O)=O)cn2)CC1. The highest BCUT2D eigenvalue weighted by Crippen LogP contribution is 2.31. The quantitative estimate of drug-likeness (QED) is 0.830. The van der Waals surface area contributed by atoms with Gasteiger partial charge in [0.15, 0.2) is 0 Å². The molecule has 1 aromatic heterocycles. The molecule has 0 radical (unpaired) electrons.